The van der Waals surface area contributed by atoms with Crippen molar-refractivity contribution in [1.29, 1.82) is 0 Å². The maximum Gasteiger partial charge on any atom is 0.329 e. The second kappa shape index (κ2) is 16.2. The number of rotatable bonds is 17. The number of carboxylic acids is 1. The zero-order chi connectivity index (χ0) is 35.8. The standard InChI is InChI=1S/C35H57BrN4O6/c1-21(2)17-32(9,37-27(41)25-13-15-26(36)16-14-25)28(42)38-33(10,18-22(3)4)29(43)39-34(11,19-23(5)6)30(44)40-35(12,31(45)46)20-24(7)8/h13-16,21-24H,17-20H2,1-12H3,(H,37,41)(H,38,42)(H,39,43)(H,40,44)(H,45,46)/t32-,33-,34-,35-/m0/s1. The number of hydrogen-bond donors (Lipinski definition) is 5. The highest BCUT2D eigenvalue weighted by Gasteiger charge is 2.47. The summed E-state index contributed by atoms with van der Waals surface area (Å²) in [4.78, 5) is 67.7. The van der Waals surface area contributed by atoms with Crippen molar-refractivity contribution in [3.63, 3.8) is 0 Å². The van der Waals surface area contributed by atoms with Gasteiger partial charge in [0.1, 0.15) is 22.2 Å². The molecule has 0 aliphatic carbocycles. The molecule has 0 aliphatic rings. The summed E-state index contributed by atoms with van der Waals surface area (Å²) in [5.41, 5.74) is -5.49. The van der Waals surface area contributed by atoms with Crippen LogP contribution in [0.1, 0.15) is 119 Å². The highest BCUT2D eigenvalue weighted by atomic mass is 79.9. The molecular formula is C35H57BrN4O6. The van der Waals surface area contributed by atoms with E-state index < -0.39 is 51.8 Å². The normalized spacial score (nSPS) is 17.0. The summed E-state index contributed by atoms with van der Waals surface area (Å²) < 4.78 is 0.813. The van der Waals surface area contributed by atoms with Gasteiger partial charge < -0.3 is 26.4 Å². The van der Waals surface area contributed by atoms with Gasteiger partial charge in [-0.05, 0) is 101 Å². The maximum absolute atomic E-state index is 14.2. The Hall–Kier alpha value is -2.95. The van der Waals surface area contributed by atoms with Crippen LogP contribution in [-0.2, 0) is 19.2 Å². The first-order valence-electron chi connectivity index (χ1n) is 16.2. The second-order valence-electron chi connectivity index (χ2n) is 15.3. The molecule has 4 amide bonds. The Kier molecular flexibility index (Phi) is 14.5. The average Bonchev–Trinajstić information content (AvgIpc) is 2.86. The highest BCUT2D eigenvalue weighted by molar-refractivity contribution is 9.10. The van der Waals surface area contributed by atoms with Crippen LogP contribution in [0.4, 0.5) is 0 Å². The van der Waals surface area contributed by atoms with Crippen LogP contribution >= 0.6 is 15.9 Å². The fourth-order valence-electron chi connectivity index (χ4n) is 6.15. The number of hydrogen-bond acceptors (Lipinski definition) is 5. The number of halogens is 1. The molecule has 0 bridgehead atoms. The zero-order valence-electron chi connectivity index (χ0n) is 29.8. The third kappa shape index (κ3) is 11.7. The third-order valence-electron chi connectivity index (χ3n) is 7.91. The van der Waals surface area contributed by atoms with E-state index in [0.717, 1.165) is 4.47 Å². The second-order valence-corrected chi connectivity index (χ2v) is 16.3. The van der Waals surface area contributed by atoms with E-state index >= 15 is 0 Å². The van der Waals surface area contributed by atoms with E-state index in [0.29, 0.717) is 12.0 Å². The lowest BCUT2D eigenvalue weighted by Crippen LogP contribution is -2.69. The molecule has 0 saturated carbocycles. The maximum atomic E-state index is 14.2. The fraction of sp³-hybridized carbons (Fsp3) is 0.686. The topological polar surface area (TPSA) is 154 Å². The molecule has 0 saturated heterocycles. The molecule has 5 N–H and O–H groups in total. The molecule has 0 radical (unpaired) electrons. The largest absolute Gasteiger partial charge is 0.480 e. The molecule has 0 heterocycles. The van der Waals surface area contributed by atoms with E-state index in [1.54, 1.807) is 45.0 Å². The van der Waals surface area contributed by atoms with Crippen molar-refractivity contribution in [2.24, 2.45) is 23.7 Å². The minimum Gasteiger partial charge on any atom is -0.480 e. The van der Waals surface area contributed by atoms with Crippen LogP contribution in [0.15, 0.2) is 28.7 Å². The summed E-state index contributed by atoms with van der Waals surface area (Å²) in [6.45, 7) is 21.6. The van der Waals surface area contributed by atoms with Gasteiger partial charge in [-0.1, -0.05) is 71.3 Å². The van der Waals surface area contributed by atoms with Crippen LogP contribution in [0.25, 0.3) is 0 Å². The van der Waals surface area contributed by atoms with Gasteiger partial charge in [0.2, 0.25) is 17.7 Å². The Morgan fingerprint density at radius 1 is 0.565 bits per heavy atom. The molecule has 1 aromatic rings. The van der Waals surface area contributed by atoms with Gasteiger partial charge >= 0.3 is 5.97 Å². The summed E-state index contributed by atoms with van der Waals surface area (Å²) in [5.74, 6) is -3.38. The molecule has 0 fully saturated rings. The van der Waals surface area contributed by atoms with Crippen molar-refractivity contribution in [3.8, 4) is 0 Å². The van der Waals surface area contributed by atoms with Gasteiger partial charge in [-0.3, -0.25) is 19.2 Å². The van der Waals surface area contributed by atoms with Crippen molar-refractivity contribution in [2.45, 2.75) is 131 Å². The number of carbonyl (C=O) groups excluding carboxylic acids is 4. The van der Waals surface area contributed by atoms with Crippen LogP contribution < -0.4 is 21.3 Å². The van der Waals surface area contributed by atoms with E-state index in [9.17, 15) is 29.1 Å². The van der Waals surface area contributed by atoms with Gasteiger partial charge in [0.25, 0.3) is 5.91 Å². The van der Waals surface area contributed by atoms with E-state index in [2.05, 4.69) is 37.2 Å². The first-order valence-corrected chi connectivity index (χ1v) is 17.0. The van der Waals surface area contributed by atoms with E-state index in [1.165, 1.54) is 6.92 Å². The number of aliphatic carboxylic acids is 1. The lowest BCUT2D eigenvalue weighted by atomic mass is 9.83. The molecular weight excluding hydrogens is 652 g/mol. The van der Waals surface area contributed by atoms with Crippen molar-refractivity contribution in [2.75, 3.05) is 0 Å². The summed E-state index contributed by atoms with van der Waals surface area (Å²) in [7, 11) is 0. The van der Waals surface area contributed by atoms with Gasteiger partial charge in [0.05, 0.1) is 0 Å². The first kappa shape index (κ1) is 41.1. The lowest BCUT2D eigenvalue weighted by Gasteiger charge is -2.41. The number of benzene rings is 1. The average molecular weight is 710 g/mol. The van der Waals surface area contributed by atoms with Gasteiger partial charge in [-0.2, -0.15) is 0 Å². The van der Waals surface area contributed by atoms with E-state index in [-0.39, 0.29) is 42.9 Å². The van der Waals surface area contributed by atoms with Crippen molar-refractivity contribution < 1.29 is 29.1 Å². The van der Waals surface area contributed by atoms with E-state index in [1.807, 2.05) is 55.4 Å². The Morgan fingerprint density at radius 3 is 1.15 bits per heavy atom. The Balaban J connectivity index is 3.49. The van der Waals surface area contributed by atoms with Crippen molar-refractivity contribution in [1.82, 2.24) is 21.3 Å². The Morgan fingerprint density at radius 2 is 0.848 bits per heavy atom. The molecule has 10 nitrogen and oxygen atoms in total. The number of carboxylic acid groups (broad SMARTS) is 1. The van der Waals surface area contributed by atoms with Crippen LogP contribution in [-0.4, -0.2) is 56.9 Å². The Bertz CT molecular complexity index is 1250. The van der Waals surface area contributed by atoms with Crippen LogP contribution in [0, 0.1) is 23.7 Å². The smallest absolute Gasteiger partial charge is 0.329 e. The minimum atomic E-state index is -1.55. The number of carbonyl (C=O) groups is 5. The summed E-state index contributed by atoms with van der Waals surface area (Å²) >= 11 is 3.37. The Labute approximate surface area is 284 Å². The molecule has 260 valence electrons. The molecule has 1 rings (SSSR count). The summed E-state index contributed by atoms with van der Waals surface area (Å²) in [6, 6.07) is 6.79. The molecule has 4 atom stereocenters. The molecule has 46 heavy (non-hydrogen) atoms. The van der Waals surface area contributed by atoms with Gasteiger partial charge in [-0.15, -0.1) is 0 Å². The van der Waals surface area contributed by atoms with Crippen molar-refractivity contribution >= 4 is 45.5 Å². The molecule has 0 unspecified atom stereocenters. The van der Waals surface area contributed by atoms with Gasteiger partial charge in [-0.25, -0.2) is 4.79 Å². The number of nitrogens with one attached hydrogen (secondary N) is 4. The van der Waals surface area contributed by atoms with Gasteiger partial charge in [0, 0.05) is 10.0 Å². The molecule has 0 spiro atoms. The van der Waals surface area contributed by atoms with Crippen LogP contribution in [0.2, 0.25) is 0 Å². The summed E-state index contributed by atoms with van der Waals surface area (Å²) in [6.07, 6.45) is 0.962. The van der Waals surface area contributed by atoms with E-state index in [4.69, 9.17) is 0 Å². The predicted molar refractivity (Wildman–Crippen MR) is 185 cm³/mol. The fourth-order valence-corrected chi connectivity index (χ4v) is 6.41. The van der Waals surface area contributed by atoms with Crippen molar-refractivity contribution in [3.05, 3.63) is 34.3 Å². The van der Waals surface area contributed by atoms with Crippen LogP contribution in [0.3, 0.4) is 0 Å². The van der Waals surface area contributed by atoms with Gasteiger partial charge in [0.15, 0.2) is 0 Å². The SMILES string of the molecule is CC(C)C[C@](C)(NC(=O)[C@](C)(CC(C)C)NC(=O)[C@](C)(CC(C)C)NC(=O)[C@](C)(CC(C)C)NC(=O)c1ccc(Br)cc1)C(=O)O. The lowest BCUT2D eigenvalue weighted by molar-refractivity contribution is -0.149. The molecule has 0 aromatic heterocycles. The minimum absolute atomic E-state index is 0.0127. The molecule has 1 aromatic carbocycles. The molecule has 0 aliphatic heterocycles. The quantitative estimate of drug-likeness (QED) is 0.137. The molecule has 11 heteroatoms. The predicted octanol–water partition coefficient (Wildman–Crippen LogP) is 5.83. The summed E-state index contributed by atoms with van der Waals surface area (Å²) in [5, 5.41) is 21.4. The monoisotopic (exact) mass is 708 g/mol. The number of amides is 4. The zero-order valence-corrected chi connectivity index (χ0v) is 31.4. The first-order chi connectivity index (χ1) is 20.9. The third-order valence-corrected chi connectivity index (χ3v) is 8.43. The van der Waals surface area contributed by atoms with Crippen LogP contribution in [0.5, 0.6) is 0 Å². The highest BCUT2D eigenvalue weighted by Crippen LogP contribution is 2.27.